The van der Waals surface area contributed by atoms with Crippen LogP contribution >= 0.6 is 27.3 Å². The summed E-state index contributed by atoms with van der Waals surface area (Å²) in [5.74, 6) is 0.0848. The normalized spacial score (nSPS) is 18.8. The summed E-state index contributed by atoms with van der Waals surface area (Å²) >= 11 is 5.10. The van der Waals surface area contributed by atoms with Crippen LogP contribution in [0.1, 0.15) is 26.8 Å². The molecule has 0 aromatic carbocycles. The number of carbonyl (C=O) groups excluding carboxylic acids is 1. The Morgan fingerprint density at radius 3 is 3.10 bits per heavy atom. The summed E-state index contributed by atoms with van der Waals surface area (Å²) in [5, 5.41) is 3.36. The van der Waals surface area contributed by atoms with Gasteiger partial charge in [-0.3, -0.25) is 9.78 Å². The van der Waals surface area contributed by atoms with Gasteiger partial charge in [-0.25, -0.2) is 0 Å². The van der Waals surface area contributed by atoms with E-state index in [9.17, 15) is 4.79 Å². The first kappa shape index (κ1) is 14.7. The Morgan fingerprint density at radius 2 is 2.43 bits per heavy atom. The Morgan fingerprint density at radius 1 is 1.57 bits per heavy atom. The molecule has 2 aromatic rings. The van der Waals surface area contributed by atoms with Gasteiger partial charge in [0.05, 0.1) is 15.4 Å². The van der Waals surface area contributed by atoms with Gasteiger partial charge in [-0.15, -0.1) is 11.3 Å². The molecule has 0 radical (unpaired) electrons. The molecule has 21 heavy (non-hydrogen) atoms. The molecule has 1 fully saturated rings. The Kier molecular flexibility index (Phi) is 4.37. The van der Waals surface area contributed by atoms with Crippen molar-refractivity contribution in [1.29, 1.82) is 0 Å². The van der Waals surface area contributed by atoms with Gasteiger partial charge in [0.2, 0.25) is 0 Å². The first-order valence-corrected chi connectivity index (χ1v) is 8.45. The quantitative estimate of drug-likeness (QED) is 0.889. The van der Waals surface area contributed by atoms with E-state index < -0.39 is 0 Å². The second-order valence-corrected chi connectivity index (χ2v) is 7.62. The molecule has 1 amide bonds. The second-order valence-electron chi connectivity index (χ2n) is 5.05. The van der Waals surface area contributed by atoms with Crippen molar-refractivity contribution in [2.45, 2.75) is 13.0 Å². The Labute approximate surface area is 136 Å². The Balaban J connectivity index is 1.91. The molecule has 1 N–H and O–H groups in total. The van der Waals surface area contributed by atoms with Crippen molar-refractivity contribution in [2.75, 3.05) is 19.6 Å². The lowest BCUT2D eigenvalue weighted by molar-refractivity contribution is 0.0633. The van der Waals surface area contributed by atoms with Crippen LogP contribution in [0.3, 0.4) is 0 Å². The molecule has 1 aliphatic rings. The number of piperazine rings is 1. The van der Waals surface area contributed by atoms with Crippen LogP contribution < -0.4 is 5.32 Å². The molecular formula is C15H16BrN3OS. The number of amides is 1. The monoisotopic (exact) mass is 365 g/mol. The predicted octanol–water partition coefficient (Wildman–Crippen LogP) is 3.00. The van der Waals surface area contributed by atoms with Crippen molar-refractivity contribution in [1.82, 2.24) is 15.2 Å². The minimum atomic E-state index is 0.0343. The zero-order valence-electron chi connectivity index (χ0n) is 11.7. The number of aryl methyl sites for hydroxylation is 1. The van der Waals surface area contributed by atoms with E-state index in [0.29, 0.717) is 6.54 Å². The van der Waals surface area contributed by atoms with E-state index in [4.69, 9.17) is 0 Å². The number of aromatic nitrogens is 1. The summed E-state index contributed by atoms with van der Waals surface area (Å²) in [6.07, 6.45) is 3.59. The van der Waals surface area contributed by atoms with Crippen LogP contribution in [0.25, 0.3) is 0 Å². The van der Waals surface area contributed by atoms with Crippen molar-refractivity contribution >= 4 is 33.2 Å². The first-order valence-electron chi connectivity index (χ1n) is 6.84. The summed E-state index contributed by atoms with van der Waals surface area (Å²) in [6, 6.07) is 5.93. The zero-order valence-corrected chi connectivity index (χ0v) is 14.1. The number of nitrogens with zero attached hydrogens (tertiary/aromatic N) is 2. The van der Waals surface area contributed by atoms with Crippen molar-refractivity contribution < 1.29 is 4.79 Å². The highest BCUT2D eigenvalue weighted by Crippen LogP contribution is 2.31. The highest BCUT2D eigenvalue weighted by Gasteiger charge is 2.30. The van der Waals surface area contributed by atoms with E-state index in [1.807, 2.05) is 36.2 Å². The number of carbonyl (C=O) groups is 1. The molecule has 1 aliphatic heterocycles. The van der Waals surface area contributed by atoms with E-state index in [0.717, 1.165) is 32.9 Å². The number of hydrogen-bond donors (Lipinski definition) is 1. The molecule has 3 heterocycles. The predicted molar refractivity (Wildman–Crippen MR) is 87.6 cm³/mol. The number of thiophene rings is 1. The Hall–Kier alpha value is -1.24. The fourth-order valence-corrected chi connectivity index (χ4v) is 4.37. The molecule has 110 valence electrons. The minimum absolute atomic E-state index is 0.0343. The molecule has 1 saturated heterocycles. The van der Waals surface area contributed by atoms with Gasteiger partial charge in [-0.2, -0.15) is 0 Å². The first-order chi connectivity index (χ1) is 10.2. The molecule has 1 atom stereocenters. The summed E-state index contributed by atoms with van der Waals surface area (Å²) in [7, 11) is 0. The third-order valence-electron chi connectivity index (χ3n) is 3.61. The number of nitrogens with one attached hydrogen (secondary N) is 1. The van der Waals surface area contributed by atoms with Gasteiger partial charge in [-0.05, 0) is 40.5 Å². The molecule has 6 heteroatoms. The average Bonchev–Trinajstić information content (AvgIpc) is 2.86. The average molecular weight is 366 g/mol. The van der Waals surface area contributed by atoms with Gasteiger partial charge >= 0.3 is 0 Å². The van der Waals surface area contributed by atoms with Gasteiger partial charge in [0.1, 0.15) is 0 Å². The van der Waals surface area contributed by atoms with Crippen molar-refractivity contribution in [2.24, 2.45) is 0 Å². The number of pyridine rings is 1. The molecule has 0 aliphatic carbocycles. The van der Waals surface area contributed by atoms with Gasteiger partial charge in [-0.1, -0.05) is 6.07 Å². The van der Waals surface area contributed by atoms with Crippen LogP contribution in [-0.4, -0.2) is 35.4 Å². The second kappa shape index (κ2) is 6.25. The van der Waals surface area contributed by atoms with Crippen LogP contribution in [0.2, 0.25) is 0 Å². The highest BCUT2D eigenvalue weighted by molar-refractivity contribution is 9.11. The summed E-state index contributed by atoms with van der Waals surface area (Å²) in [4.78, 5) is 20.1. The van der Waals surface area contributed by atoms with E-state index in [2.05, 4.69) is 26.2 Å². The van der Waals surface area contributed by atoms with Crippen LogP contribution in [0.15, 0.2) is 34.4 Å². The smallest absolute Gasteiger partial charge is 0.256 e. The highest BCUT2D eigenvalue weighted by atomic mass is 79.9. The SMILES string of the molecule is Cc1cc(C(=O)N2CCNCC2c2cccnc2)c(Br)s1. The topological polar surface area (TPSA) is 45.2 Å². The van der Waals surface area contributed by atoms with E-state index in [1.54, 1.807) is 17.5 Å². The van der Waals surface area contributed by atoms with Crippen LogP contribution in [0.4, 0.5) is 0 Å². The molecule has 0 bridgehead atoms. The molecule has 1 unspecified atom stereocenters. The third kappa shape index (κ3) is 3.02. The summed E-state index contributed by atoms with van der Waals surface area (Å²) in [5.41, 5.74) is 1.83. The van der Waals surface area contributed by atoms with Crippen molar-refractivity contribution in [3.8, 4) is 0 Å². The van der Waals surface area contributed by atoms with E-state index in [1.165, 1.54) is 0 Å². The third-order valence-corrected chi connectivity index (χ3v) is 5.37. The molecule has 0 saturated carbocycles. The molecule has 2 aromatic heterocycles. The van der Waals surface area contributed by atoms with Gasteiger partial charge in [0, 0.05) is 36.9 Å². The summed E-state index contributed by atoms with van der Waals surface area (Å²) < 4.78 is 0.911. The standard InChI is InChI=1S/C15H16BrN3OS/c1-10-7-12(14(16)21-10)15(20)19-6-5-18-9-13(19)11-3-2-4-17-8-11/h2-4,7-8,13,18H,5-6,9H2,1H3. The van der Waals surface area contributed by atoms with Crippen molar-refractivity contribution in [3.05, 3.63) is 50.4 Å². The Bertz CT molecular complexity index is 644. The zero-order chi connectivity index (χ0) is 14.8. The van der Waals surface area contributed by atoms with Crippen LogP contribution in [0.5, 0.6) is 0 Å². The maximum absolute atomic E-state index is 12.9. The van der Waals surface area contributed by atoms with Crippen molar-refractivity contribution in [3.63, 3.8) is 0 Å². The van der Waals surface area contributed by atoms with Gasteiger partial charge < -0.3 is 10.2 Å². The largest absolute Gasteiger partial charge is 0.329 e. The number of rotatable bonds is 2. The summed E-state index contributed by atoms with van der Waals surface area (Å²) in [6.45, 7) is 4.31. The van der Waals surface area contributed by atoms with Gasteiger partial charge in [0.15, 0.2) is 0 Å². The fraction of sp³-hybridized carbons (Fsp3) is 0.333. The molecule has 0 spiro atoms. The van der Waals surface area contributed by atoms with Crippen LogP contribution in [0, 0.1) is 6.92 Å². The fourth-order valence-electron chi connectivity index (χ4n) is 2.60. The van der Waals surface area contributed by atoms with Crippen LogP contribution in [-0.2, 0) is 0 Å². The molecular weight excluding hydrogens is 350 g/mol. The lowest BCUT2D eigenvalue weighted by Crippen LogP contribution is -2.48. The van der Waals surface area contributed by atoms with E-state index in [-0.39, 0.29) is 11.9 Å². The maximum Gasteiger partial charge on any atom is 0.256 e. The molecule has 4 nitrogen and oxygen atoms in total. The van der Waals surface area contributed by atoms with Gasteiger partial charge in [0.25, 0.3) is 5.91 Å². The number of halogens is 1. The number of hydrogen-bond acceptors (Lipinski definition) is 4. The lowest BCUT2D eigenvalue weighted by Gasteiger charge is -2.36. The minimum Gasteiger partial charge on any atom is -0.329 e. The van der Waals surface area contributed by atoms with E-state index >= 15 is 0 Å². The lowest BCUT2D eigenvalue weighted by atomic mass is 10.0. The molecule has 3 rings (SSSR count). The maximum atomic E-state index is 12.9.